The van der Waals surface area contributed by atoms with Crippen molar-refractivity contribution >= 4 is 22.7 Å². The maximum absolute atomic E-state index is 12.9. The summed E-state index contributed by atoms with van der Waals surface area (Å²) in [6.07, 6.45) is 3.86. The van der Waals surface area contributed by atoms with E-state index < -0.39 is 5.63 Å². The number of carbonyl (C=O) groups excluding carboxylic acids is 2. The van der Waals surface area contributed by atoms with Gasteiger partial charge in [0.05, 0.1) is 5.92 Å². The lowest BCUT2D eigenvalue weighted by Crippen LogP contribution is -2.35. The summed E-state index contributed by atoms with van der Waals surface area (Å²) in [5.41, 5.74) is 2.28. The second-order valence-corrected chi connectivity index (χ2v) is 7.77. The highest BCUT2D eigenvalue weighted by molar-refractivity contribution is 5.96. The molecule has 1 aromatic carbocycles. The van der Waals surface area contributed by atoms with E-state index in [2.05, 4.69) is 16.4 Å². The van der Waals surface area contributed by atoms with E-state index in [0.717, 1.165) is 22.9 Å². The minimum absolute atomic E-state index is 0.0587. The number of nitrogens with zero attached hydrogens (tertiary/aromatic N) is 1. The molecule has 2 aromatic heterocycles. The molecule has 30 heavy (non-hydrogen) atoms. The Hall–Kier alpha value is -3.35. The minimum Gasteiger partial charge on any atom is -0.427 e. The molecule has 7 nitrogen and oxygen atoms in total. The van der Waals surface area contributed by atoms with Crippen LogP contribution in [0.1, 0.15) is 33.7 Å². The van der Waals surface area contributed by atoms with E-state index in [-0.39, 0.29) is 23.3 Å². The Kier molecular flexibility index (Phi) is 5.44. The lowest BCUT2D eigenvalue weighted by molar-refractivity contribution is -0.124. The Labute approximate surface area is 174 Å². The Morgan fingerprint density at radius 3 is 2.83 bits per heavy atom. The average molecular weight is 407 g/mol. The molecule has 1 unspecified atom stereocenters. The number of aromatic amines is 1. The molecule has 1 atom stereocenters. The molecule has 0 radical (unpaired) electrons. The van der Waals surface area contributed by atoms with Crippen molar-refractivity contribution in [2.24, 2.45) is 5.92 Å². The number of amides is 2. The summed E-state index contributed by atoms with van der Waals surface area (Å²) in [5.74, 6) is -0.122. The zero-order chi connectivity index (χ0) is 21.3. The average Bonchev–Trinajstić information content (AvgIpc) is 3.38. The zero-order valence-corrected chi connectivity index (χ0v) is 17.2. The molecule has 0 aliphatic carbocycles. The molecule has 0 spiro atoms. The number of aromatic nitrogens is 1. The first kappa shape index (κ1) is 19.9. The highest BCUT2D eigenvalue weighted by Gasteiger charge is 2.33. The van der Waals surface area contributed by atoms with Crippen LogP contribution in [0, 0.1) is 12.8 Å². The van der Waals surface area contributed by atoms with E-state index in [9.17, 15) is 14.4 Å². The first-order valence-electron chi connectivity index (χ1n) is 10.2. The number of carbonyl (C=O) groups is 2. The van der Waals surface area contributed by atoms with Crippen LogP contribution in [0.3, 0.4) is 0 Å². The molecule has 1 saturated heterocycles. The van der Waals surface area contributed by atoms with E-state index >= 15 is 0 Å². The first-order chi connectivity index (χ1) is 14.5. The SMILES string of the molecule is CNC(=O)C1CCN(C(=O)c2c(C)cc(CCc3c[nH]c4ccccc34)oc2=O)C1. The van der Waals surface area contributed by atoms with Crippen LogP contribution in [0.2, 0.25) is 0 Å². The summed E-state index contributed by atoms with van der Waals surface area (Å²) >= 11 is 0. The van der Waals surface area contributed by atoms with Gasteiger partial charge in [-0.15, -0.1) is 0 Å². The molecule has 1 fully saturated rings. The van der Waals surface area contributed by atoms with Crippen molar-refractivity contribution in [2.45, 2.75) is 26.2 Å². The van der Waals surface area contributed by atoms with Gasteiger partial charge in [0.2, 0.25) is 5.91 Å². The number of para-hydroxylation sites is 1. The summed E-state index contributed by atoms with van der Waals surface area (Å²) in [7, 11) is 1.58. The summed E-state index contributed by atoms with van der Waals surface area (Å²) in [4.78, 5) is 42.1. The van der Waals surface area contributed by atoms with Gasteiger partial charge in [-0.2, -0.15) is 0 Å². The van der Waals surface area contributed by atoms with Gasteiger partial charge in [0, 0.05) is 43.7 Å². The maximum Gasteiger partial charge on any atom is 0.349 e. The fourth-order valence-electron chi connectivity index (χ4n) is 4.17. The molecular weight excluding hydrogens is 382 g/mol. The number of benzene rings is 1. The highest BCUT2D eigenvalue weighted by atomic mass is 16.4. The monoisotopic (exact) mass is 407 g/mol. The lowest BCUT2D eigenvalue weighted by Gasteiger charge is -2.17. The maximum atomic E-state index is 12.9. The first-order valence-corrected chi connectivity index (χ1v) is 10.2. The van der Waals surface area contributed by atoms with Crippen LogP contribution < -0.4 is 10.9 Å². The third-order valence-electron chi connectivity index (χ3n) is 5.82. The van der Waals surface area contributed by atoms with Crippen molar-refractivity contribution in [3.8, 4) is 0 Å². The molecule has 0 bridgehead atoms. The topological polar surface area (TPSA) is 95.4 Å². The van der Waals surface area contributed by atoms with Crippen LogP contribution in [0.5, 0.6) is 0 Å². The third-order valence-corrected chi connectivity index (χ3v) is 5.82. The van der Waals surface area contributed by atoms with Gasteiger partial charge in [-0.25, -0.2) is 4.79 Å². The van der Waals surface area contributed by atoms with Crippen molar-refractivity contribution in [1.82, 2.24) is 15.2 Å². The van der Waals surface area contributed by atoms with E-state index in [4.69, 9.17) is 4.42 Å². The fraction of sp³-hybridized carbons (Fsp3) is 0.348. The summed E-state index contributed by atoms with van der Waals surface area (Å²) in [6, 6.07) is 9.84. The Morgan fingerprint density at radius 1 is 1.27 bits per heavy atom. The second kappa shape index (κ2) is 8.18. The quantitative estimate of drug-likeness (QED) is 0.679. The standard InChI is InChI=1S/C23H25N3O4/c1-14-11-17(8-7-15-12-25-19-6-4-3-5-18(15)19)30-23(29)20(14)22(28)26-10-9-16(13-26)21(27)24-2/h3-6,11-12,16,25H,7-10,13H2,1-2H3,(H,24,27). The van der Waals surface area contributed by atoms with Gasteiger partial charge in [-0.1, -0.05) is 18.2 Å². The molecule has 2 amide bonds. The number of H-pyrrole nitrogens is 1. The predicted octanol–water partition coefficient (Wildman–Crippen LogP) is 2.42. The molecular formula is C23H25N3O4. The summed E-state index contributed by atoms with van der Waals surface area (Å²) < 4.78 is 5.48. The molecule has 3 heterocycles. The van der Waals surface area contributed by atoms with Gasteiger partial charge in [0.1, 0.15) is 11.3 Å². The summed E-state index contributed by atoms with van der Waals surface area (Å²) in [5, 5.41) is 3.77. The molecule has 0 saturated carbocycles. The molecule has 1 aliphatic heterocycles. The molecule has 1 aliphatic rings. The minimum atomic E-state index is -0.614. The number of aryl methyl sites for hydroxylation is 3. The van der Waals surface area contributed by atoms with Gasteiger partial charge >= 0.3 is 5.63 Å². The lowest BCUT2D eigenvalue weighted by atomic mass is 10.1. The third kappa shape index (κ3) is 3.75. The number of nitrogens with one attached hydrogen (secondary N) is 2. The van der Waals surface area contributed by atoms with Crippen LogP contribution in [0.15, 0.2) is 45.7 Å². The molecule has 7 heteroatoms. The Balaban J connectivity index is 1.49. The van der Waals surface area contributed by atoms with Gasteiger partial charge in [-0.05, 0) is 43.0 Å². The second-order valence-electron chi connectivity index (χ2n) is 7.77. The van der Waals surface area contributed by atoms with Crippen molar-refractivity contribution < 1.29 is 14.0 Å². The molecule has 3 aromatic rings. The van der Waals surface area contributed by atoms with Crippen LogP contribution in [-0.2, 0) is 17.6 Å². The van der Waals surface area contributed by atoms with E-state index in [0.29, 0.717) is 37.3 Å². The van der Waals surface area contributed by atoms with Gasteiger partial charge in [0.15, 0.2) is 0 Å². The number of hydrogen-bond acceptors (Lipinski definition) is 4. The van der Waals surface area contributed by atoms with Crippen LogP contribution >= 0.6 is 0 Å². The van der Waals surface area contributed by atoms with Crippen molar-refractivity contribution in [1.29, 1.82) is 0 Å². The molecule has 156 valence electrons. The number of rotatable bonds is 5. The van der Waals surface area contributed by atoms with E-state index in [1.54, 1.807) is 24.9 Å². The smallest absolute Gasteiger partial charge is 0.349 e. The number of hydrogen-bond donors (Lipinski definition) is 2. The summed E-state index contributed by atoms with van der Waals surface area (Å²) in [6.45, 7) is 2.53. The normalized spacial score (nSPS) is 16.2. The van der Waals surface area contributed by atoms with Gasteiger partial charge < -0.3 is 19.6 Å². The van der Waals surface area contributed by atoms with Crippen LogP contribution in [-0.4, -0.2) is 41.8 Å². The van der Waals surface area contributed by atoms with E-state index in [1.165, 1.54) is 0 Å². The largest absolute Gasteiger partial charge is 0.427 e. The van der Waals surface area contributed by atoms with Crippen LogP contribution in [0.4, 0.5) is 0 Å². The fourth-order valence-corrected chi connectivity index (χ4v) is 4.17. The van der Waals surface area contributed by atoms with Crippen molar-refractivity contribution in [3.63, 3.8) is 0 Å². The predicted molar refractivity (Wildman–Crippen MR) is 113 cm³/mol. The van der Waals surface area contributed by atoms with Crippen molar-refractivity contribution in [3.05, 3.63) is 69.4 Å². The Bertz CT molecular complexity index is 1160. The van der Waals surface area contributed by atoms with E-state index in [1.807, 2.05) is 24.4 Å². The zero-order valence-electron chi connectivity index (χ0n) is 17.2. The van der Waals surface area contributed by atoms with Crippen molar-refractivity contribution in [2.75, 3.05) is 20.1 Å². The Morgan fingerprint density at radius 2 is 2.07 bits per heavy atom. The van der Waals surface area contributed by atoms with Gasteiger partial charge in [-0.3, -0.25) is 9.59 Å². The molecule has 2 N–H and O–H groups in total. The number of likely N-dealkylation sites (tertiary alicyclic amines) is 1. The van der Waals surface area contributed by atoms with Crippen LogP contribution in [0.25, 0.3) is 10.9 Å². The van der Waals surface area contributed by atoms with Gasteiger partial charge in [0.25, 0.3) is 5.91 Å². The number of fused-ring (bicyclic) bond motifs is 1. The highest BCUT2D eigenvalue weighted by Crippen LogP contribution is 2.21. The molecule has 4 rings (SSSR count).